The van der Waals surface area contributed by atoms with Gasteiger partial charge in [0.1, 0.15) is 0 Å². The minimum absolute atomic E-state index is 0.0231. The molecule has 4 nitrogen and oxygen atoms in total. The smallest absolute Gasteiger partial charge is 0.321 e. The van der Waals surface area contributed by atoms with Crippen molar-refractivity contribution in [2.75, 3.05) is 25.5 Å². The lowest BCUT2D eigenvalue weighted by Gasteiger charge is -2.38. The SMILES string of the molecule is CCc1ccc(NC(=O)N2CCC(N(C)C(C)C)CC2)cc1. The number of nitrogens with zero attached hydrogens (tertiary/aromatic N) is 2. The standard InChI is InChI=1S/C18H29N3O/c1-5-15-6-8-16(9-7-15)19-18(22)21-12-10-17(11-13-21)20(4)14(2)3/h6-9,14,17H,5,10-13H2,1-4H3,(H,19,22). The molecule has 122 valence electrons. The van der Waals surface area contributed by atoms with Gasteiger partial charge in [0.05, 0.1) is 0 Å². The maximum absolute atomic E-state index is 12.3. The van der Waals surface area contributed by atoms with E-state index in [0.29, 0.717) is 12.1 Å². The van der Waals surface area contributed by atoms with Gasteiger partial charge in [-0.2, -0.15) is 0 Å². The van der Waals surface area contributed by atoms with Crippen LogP contribution in [0.4, 0.5) is 10.5 Å². The first kappa shape index (κ1) is 16.8. The van der Waals surface area contributed by atoms with E-state index in [0.717, 1.165) is 38.0 Å². The predicted molar refractivity (Wildman–Crippen MR) is 92.3 cm³/mol. The summed E-state index contributed by atoms with van der Waals surface area (Å²) in [5, 5.41) is 3.00. The van der Waals surface area contributed by atoms with Crippen molar-refractivity contribution in [3.8, 4) is 0 Å². The highest BCUT2D eigenvalue weighted by atomic mass is 16.2. The molecule has 1 N–H and O–H groups in total. The van der Waals surface area contributed by atoms with E-state index in [-0.39, 0.29) is 6.03 Å². The molecule has 1 fully saturated rings. The Hall–Kier alpha value is -1.55. The molecule has 2 rings (SSSR count). The molecule has 22 heavy (non-hydrogen) atoms. The number of benzene rings is 1. The van der Waals surface area contributed by atoms with Gasteiger partial charge in [-0.05, 0) is 57.9 Å². The molecule has 0 bridgehead atoms. The van der Waals surface area contributed by atoms with Crippen molar-refractivity contribution in [2.45, 2.75) is 52.1 Å². The first-order chi connectivity index (χ1) is 10.5. The highest BCUT2D eigenvalue weighted by Crippen LogP contribution is 2.18. The first-order valence-corrected chi connectivity index (χ1v) is 8.38. The van der Waals surface area contributed by atoms with Crippen LogP contribution >= 0.6 is 0 Å². The van der Waals surface area contributed by atoms with Crippen LogP contribution in [0.15, 0.2) is 24.3 Å². The van der Waals surface area contributed by atoms with Crippen molar-refractivity contribution >= 4 is 11.7 Å². The fraction of sp³-hybridized carbons (Fsp3) is 0.611. The number of aryl methyl sites for hydroxylation is 1. The largest absolute Gasteiger partial charge is 0.324 e. The lowest BCUT2D eigenvalue weighted by molar-refractivity contribution is 0.120. The molecule has 2 amide bonds. The summed E-state index contributed by atoms with van der Waals surface area (Å²) < 4.78 is 0. The number of rotatable bonds is 4. The Kier molecular flexibility index (Phi) is 5.83. The average Bonchev–Trinajstić information content (AvgIpc) is 2.55. The Morgan fingerprint density at radius 3 is 2.36 bits per heavy atom. The van der Waals surface area contributed by atoms with Gasteiger partial charge in [-0.25, -0.2) is 4.79 Å². The van der Waals surface area contributed by atoms with Crippen LogP contribution in [0.1, 0.15) is 39.2 Å². The predicted octanol–water partition coefficient (Wildman–Crippen LogP) is 3.59. The maximum atomic E-state index is 12.3. The summed E-state index contributed by atoms with van der Waals surface area (Å²) in [5.74, 6) is 0. The molecule has 0 aromatic heterocycles. The highest BCUT2D eigenvalue weighted by Gasteiger charge is 2.26. The van der Waals surface area contributed by atoms with Crippen LogP contribution < -0.4 is 5.32 Å². The zero-order valence-corrected chi connectivity index (χ0v) is 14.3. The second-order valence-corrected chi connectivity index (χ2v) is 6.46. The summed E-state index contributed by atoms with van der Waals surface area (Å²) in [6, 6.07) is 9.27. The molecule has 0 spiro atoms. The van der Waals surface area contributed by atoms with Crippen LogP contribution in [-0.2, 0) is 6.42 Å². The van der Waals surface area contributed by atoms with E-state index < -0.39 is 0 Å². The van der Waals surface area contributed by atoms with E-state index in [1.165, 1.54) is 5.56 Å². The molecule has 1 aliphatic rings. The van der Waals surface area contributed by atoms with Crippen molar-refractivity contribution in [3.63, 3.8) is 0 Å². The van der Waals surface area contributed by atoms with Crippen LogP contribution in [0.5, 0.6) is 0 Å². The summed E-state index contributed by atoms with van der Waals surface area (Å²) in [4.78, 5) is 16.7. The topological polar surface area (TPSA) is 35.6 Å². The second kappa shape index (κ2) is 7.63. The summed E-state index contributed by atoms with van der Waals surface area (Å²) in [5.41, 5.74) is 2.17. The Labute approximate surface area is 134 Å². The van der Waals surface area contributed by atoms with Gasteiger partial charge < -0.3 is 15.1 Å². The number of urea groups is 1. The summed E-state index contributed by atoms with van der Waals surface area (Å²) >= 11 is 0. The summed E-state index contributed by atoms with van der Waals surface area (Å²) in [7, 11) is 2.18. The minimum Gasteiger partial charge on any atom is -0.324 e. The molecule has 0 aliphatic carbocycles. The number of carbonyl (C=O) groups is 1. The number of hydrogen-bond acceptors (Lipinski definition) is 2. The van der Waals surface area contributed by atoms with Gasteiger partial charge in [0.25, 0.3) is 0 Å². The van der Waals surface area contributed by atoms with E-state index in [1.54, 1.807) is 0 Å². The van der Waals surface area contributed by atoms with E-state index in [9.17, 15) is 4.79 Å². The fourth-order valence-electron chi connectivity index (χ4n) is 2.92. The molecule has 0 unspecified atom stereocenters. The van der Waals surface area contributed by atoms with Gasteiger partial charge in [-0.15, -0.1) is 0 Å². The van der Waals surface area contributed by atoms with E-state index in [4.69, 9.17) is 0 Å². The van der Waals surface area contributed by atoms with E-state index in [1.807, 2.05) is 17.0 Å². The Bertz CT molecular complexity index is 476. The fourth-order valence-corrected chi connectivity index (χ4v) is 2.92. The zero-order valence-electron chi connectivity index (χ0n) is 14.3. The number of carbonyl (C=O) groups excluding carboxylic acids is 1. The van der Waals surface area contributed by atoms with Gasteiger partial charge >= 0.3 is 6.03 Å². The monoisotopic (exact) mass is 303 g/mol. The molecule has 1 heterocycles. The number of nitrogens with one attached hydrogen (secondary N) is 1. The number of anilines is 1. The zero-order chi connectivity index (χ0) is 16.1. The highest BCUT2D eigenvalue weighted by molar-refractivity contribution is 5.89. The molecule has 1 aromatic rings. The Morgan fingerprint density at radius 1 is 1.27 bits per heavy atom. The molecule has 1 aromatic carbocycles. The van der Waals surface area contributed by atoms with Crippen molar-refractivity contribution in [3.05, 3.63) is 29.8 Å². The van der Waals surface area contributed by atoms with Crippen LogP contribution in [0.25, 0.3) is 0 Å². The molecule has 0 saturated carbocycles. The quantitative estimate of drug-likeness (QED) is 0.922. The van der Waals surface area contributed by atoms with Gasteiger partial charge in [-0.3, -0.25) is 0 Å². The number of hydrogen-bond donors (Lipinski definition) is 1. The van der Waals surface area contributed by atoms with Crippen molar-refractivity contribution < 1.29 is 4.79 Å². The van der Waals surface area contributed by atoms with Gasteiger partial charge in [0, 0.05) is 30.9 Å². The van der Waals surface area contributed by atoms with Gasteiger partial charge in [0.2, 0.25) is 0 Å². The summed E-state index contributed by atoms with van der Waals surface area (Å²) in [6.07, 6.45) is 3.12. The van der Waals surface area contributed by atoms with Crippen molar-refractivity contribution in [2.24, 2.45) is 0 Å². The van der Waals surface area contributed by atoms with Crippen molar-refractivity contribution in [1.82, 2.24) is 9.80 Å². The third-order valence-electron chi connectivity index (χ3n) is 4.76. The van der Waals surface area contributed by atoms with Gasteiger partial charge in [-0.1, -0.05) is 19.1 Å². The lowest BCUT2D eigenvalue weighted by atomic mass is 10.0. The molecular formula is C18H29N3O. The number of piperidine rings is 1. The normalized spacial score (nSPS) is 16.4. The average molecular weight is 303 g/mol. The van der Waals surface area contributed by atoms with E-state index in [2.05, 4.69) is 50.2 Å². The minimum atomic E-state index is 0.0231. The lowest BCUT2D eigenvalue weighted by Crippen LogP contribution is -2.48. The molecule has 1 saturated heterocycles. The number of amides is 2. The van der Waals surface area contributed by atoms with E-state index >= 15 is 0 Å². The molecule has 4 heteroatoms. The van der Waals surface area contributed by atoms with Crippen LogP contribution in [0.3, 0.4) is 0 Å². The molecular weight excluding hydrogens is 274 g/mol. The third-order valence-corrected chi connectivity index (χ3v) is 4.76. The first-order valence-electron chi connectivity index (χ1n) is 8.38. The second-order valence-electron chi connectivity index (χ2n) is 6.46. The van der Waals surface area contributed by atoms with Crippen LogP contribution in [0, 0.1) is 0 Å². The molecule has 1 aliphatic heterocycles. The molecule has 0 atom stereocenters. The van der Waals surface area contributed by atoms with Crippen LogP contribution in [0.2, 0.25) is 0 Å². The summed E-state index contributed by atoms with van der Waals surface area (Å²) in [6.45, 7) is 8.24. The Balaban J connectivity index is 1.84. The van der Waals surface area contributed by atoms with Crippen LogP contribution in [-0.4, -0.2) is 48.1 Å². The Morgan fingerprint density at radius 2 is 1.86 bits per heavy atom. The van der Waals surface area contributed by atoms with Gasteiger partial charge in [0.15, 0.2) is 0 Å². The van der Waals surface area contributed by atoms with Crippen molar-refractivity contribution in [1.29, 1.82) is 0 Å². The third kappa shape index (κ3) is 4.23. The molecule has 0 radical (unpaired) electrons. The number of likely N-dealkylation sites (tertiary alicyclic amines) is 1. The maximum Gasteiger partial charge on any atom is 0.321 e.